The maximum Gasteiger partial charge on any atom is 0.167 e. The zero-order valence-corrected chi connectivity index (χ0v) is 14.1. The first kappa shape index (κ1) is 19.2. The smallest absolute Gasteiger partial charge is 0.167 e. The molecule has 0 radical (unpaired) electrons. The number of unbranched alkanes of at least 4 members (excludes halogenated alkanes) is 5. The van der Waals surface area contributed by atoms with Crippen LogP contribution < -0.4 is 0 Å². The quantitative estimate of drug-likeness (QED) is 0.258. The summed E-state index contributed by atoms with van der Waals surface area (Å²) in [6, 6.07) is 0. The number of rotatable bonds is 13. The molecule has 0 heterocycles. The van der Waals surface area contributed by atoms with Crippen LogP contribution in [0.2, 0.25) is 0 Å². The zero-order valence-electron chi connectivity index (χ0n) is 13.3. The van der Waals surface area contributed by atoms with E-state index in [-0.39, 0.29) is 0 Å². The Morgan fingerprint density at radius 2 is 1.42 bits per heavy atom. The molecule has 0 aliphatic heterocycles. The van der Waals surface area contributed by atoms with Crippen molar-refractivity contribution in [2.75, 3.05) is 20.1 Å². The van der Waals surface area contributed by atoms with Gasteiger partial charge in [0.25, 0.3) is 0 Å². The molecule has 2 nitrogen and oxygen atoms in total. The minimum absolute atomic E-state index is 0.437. The summed E-state index contributed by atoms with van der Waals surface area (Å²) < 4.78 is 11.2. The van der Waals surface area contributed by atoms with Crippen molar-refractivity contribution in [3.63, 3.8) is 0 Å². The summed E-state index contributed by atoms with van der Waals surface area (Å²) >= 11 is 5.82. The number of methoxy groups -OCH3 is 2. The molecule has 0 aromatic carbocycles. The molecule has 0 fully saturated rings. The van der Waals surface area contributed by atoms with E-state index in [9.17, 15) is 0 Å². The molecule has 116 valence electrons. The van der Waals surface area contributed by atoms with Crippen molar-refractivity contribution in [3.05, 3.63) is 0 Å². The minimum Gasteiger partial charge on any atom is -0.353 e. The van der Waals surface area contributed by atoms with Crippen LogP contribution in [0.3, 0.4) is 0 Å². The van der Waals surface area contributed by atoms with E-state index in [0.717, 1.165) is 18.7 Å². The van der Waals surface area contributed by atoms with Crippen molar-refractivity contribution in [2.24, 2.45) is 5.92 Å². The predicted molar refractivity (Wildman–Crippen MR) is 83.9 cm³/mol. The van der Waals surface area contributed by atoms with Gasteiger partial charge in [-0.1, -0.05) is 45.4 Å². The van der Waals surface area contributed by atoms with E-state index in [2.05, 4.69) is 6.92 Å². The summed E-state index contributed by atoms with van der Waals surface area (Å²) in [5.74, 6) is 0.693. The van der Waals surface area contributed by atoms with Crippen LogP contribution >= 0.6 is 11.6 Å². The van der Waals surface area contributed by atoms with Gasteiger partial charge in [0.15, 0.2) is 5.79 Å². The maximum absolute atomic E-state index is 5.82. The van der Waals surface area contributed by atoms with E-state index in [4.69, 9.17) is 21.1 Å². The lowest BCUT2D eigenvalue weighted by atomic mass is 9.89. The summed E-state index contributed by atoms with van der Waals surface area (Å²) in [5, 5.41) is 0. The second-order valence-corrected chi connectivity index (χ2v) is 5.89. The molecule has 0 aliphatic carbocycles. The van der Waals surface area contributed by atoms with Crippen LogP contribution in [-0.4, -0.2) is 25.9 Å². The van der Waals surface area contributed by atoms with Crippen LogP contribution in [0.5, 0.6) is 0 Å². The Labute approximate surface area is 125 Å². The highest BCUT2D eigenvalue weighted by Crippen LogP contribution is 2.31. The molecule has 19 heavy (non-hydrogen) atoms. The second kappa shape index (κ2) is 12.0. The molecule has 0 saturated carbocycles. The molecular weight excluding hydrogens is 260 g/mol. The first-order chi connectivity index (χ1) is 9.14. The lowest BCUT2D eigenvalue weighted by Crippen LogP contribution is -2.39. The average Bonchev–Trinajstić information content (AvgIpc) is 2.45. The monoisotopic (exact) mass is 292 g/mol. The van der Waals surface area contributed by atoms with Crippen molar-refractivity contribution in [2.45, 2.75) is 77.4 Å². The van der Waals surface area contributed by atoms with Gasteiger partial charge in [-0.05, 0) is 26.2 Å². The Kier molecular flexibility index (Phi) is 12.1. The van der Waals surface area contributed by atoms with Crippen LogP contribution in [-0.2, 0) is 9.47 Å². The summed E-state index contributed by atoms with van der Waals surface area (Å²) in [5.41, 5.74) is 0. The first-order valence-electron chi connectivity index (χ1n) is 7.80. The van der Waals surface area contributed by atoms with Gasteiger partial charge in [0.05, 0.1) is 0 Å². The molecule has 0 saturated heterocycles. The van der Waals surface area contributed by atoms with Gasteiger partial charge in [-0.3, -0.25) is 0 Å². The molecule has 0 aromatic heterocycles. The van der Waals surface area contributed by atoms with Crippen LogP contribution in [0.1, 0.15) is 71.6 Å². The predicted octanol–water partition coefficient (Wildman–Crippen LogP) is 5.38. The van der Waals surface area contributed by atoms with Gasteiger partial charge in [0, 0.05) is 26.0 Å². The van der Waals surface area contributed by atoms with Crippen LogP contribution in [0.15, 0.2) is 0 Å². The topological polar surface area (TPSA) is 18.5 Å². The molecule has 0 rings (SSSR count). The Morgan fingerprint density at radius 3 is 1.95 bits per heavy atom. The summed E-state index contributed by atoms with van der Waals surface area (Å²) in [6.07, 6.45) is 11.3. The largest absolute Gasteiger partial charge is 0.353 e. The molecule has 1 atom stereocenters. The highest BCUT2D eigenvalue weighted by molar-refractivity contribution is 6.17. The summed E-state index contributed by atoms with van der Waals surface area (Å²) in [6.45, 7) is 4.30. The molecule has 0 N–H and O–H groups in total. The number of halogens is 1. The number of ether oxygens (including phenoxy) is 2. The summed E-state index contributed by atoms with van der Waals surface area (Å²) in [7, 11) is 3.47. The van der Waals surface area contributed by atoms with Crippen molar-refractivity contribution in [3.8, 4) is 0 Å². The van der Waals surface area contributed by atoms with Crippen molar-refractivity contribution in [1.29, 1.82) is 0 Å². The SMILES string of the molecule is CCCCCCCC[C@H](CCCCl)C(C)(OC)OC. The van der Waals surface area contributed by atoms with Gasteiger partial charge in [0.1, 0.15) is 0 Å². The van der Waals surface area contributed by atoms with Gasteiger partial charge >= 0.3 is 0 Å². The highest BCUT2D eigenvalue weighted by atomic mass is 35.5. The fourth-order valence-electron chi connectivity index (χ4n) is 2.58. The molecule has 0 spiro atoms. The Hall–Kier alpha value is 0.210. The molecule has 0 aromatic rings. The first-order valence-corrected chi connectivity index (χ1v) is 8.34. The third-order valence-electron chi connectivity index (χ3n) is 4.14. The molecule has 0 unspecified atom stereocenters. The molecule has 0 aliphatic rings. The normalized spacial score (nSPS) is 13.7. The maximum atomic E-state index is 5.82. The van der Waals surface area contributed by atoms with Crippen LogP contribution in [0.25, 0.3) is 0 Å². The molecule has 3 heteroatoms. The minimum atomic E-state index is -0.463. The lowest BCUT2D eigenvalue weighted by Gasteiger charge is -2.35. The fraction of sp³-hybridized carbons (Fsp3) is 1.00. The average molecular weight is 293 g/mol. The highest BCUT2D eigenvalue weighted by Gasteiger charge is 2.33. The van der Waals surface area contributed by atoms with E-state index in [1.807, 2.05) is 6.92 Å². The van der Waals surface area contributed by atoms with E-state index < -0.39 is 5.79 Å². The van der Waals surface area contributed by atoms with E-state index >= 15 is 0 Å². The molecular formula is C16H33ClO2. The van der Waals surface area contributed by atoms with Crippen molar-refractivity contribution < 1.29 is 9.47 Å². The fourth-order valence-corrected chi connectivity index (χ4v) is 2.73. The van der Waals surface area contributed by atoms with Crippen molar-refractivity contribution >= 4 is 11.6 Å². The number of hydrogen-bond donors (Lipinski definition) is 0. The Morgan fingerprint density at radius 1 is 0.895 bits per heavy atom. The zero-order chi connectivity index (χ0) is 14.6. The molecule has 0 bridgehead atoms. The Bertz CT molecular complexity index is 193. The van der Waals surface area contributed by atoms with E-state index in [1.165, 1.54) is 44.9 Å². The van der Waals surface area contributed by atoms with Crippen molar-refractivity contribution in [1.82, 2.24) is 0 Å². The van der Waals surface area contributed by atoms with Crippen LogP contribution in [0, 0.1) is 5.92 Å². The van der Waals surface area contributed by atoms with Crippen LogP contribution in [0.4, 0.5) is 0 Å². The van der Waals surface area contributed by atoms with Gasteiger partial charge in [-0.15, -0.1) is 11.6 Å². The lowest BCUT2D eigenvalue weighted by molar-refractivity contribution is -0.230. The number of alkyl halides is 1. The third-order valence-corrected chi connectivity index (χ3v) is 4.41. The Balaban J connectivity index is 4.05. The van der Waals surface area contributed by atoms with Gasteiger partial charge < -0.3 is 9.47 Å². The van der Waals surface area contributed by atoms with E-state index in [0.29, 0.717) is 5.92 Å². The second-order valence-electron chi connectivity index (χ2n) is 5.51. The number of hydrogen-bond acceptors (Lipinski definition) is 2. The van der Waals surface area contributed by atoms with Gasteiger partial charge in [-0.2, -0.15) is 0 Å². The van der Waals surface area contributed by atoms with E-state index in [1.54, 1.807) is 14.2 Å². The van der Waals surface area contributed by atoms with Gasteiger partial charge in [0.2, 0.25) is 0 Å². The third kappa shape index (κ3) is 8.16. The standard InChI is InChI=1S/C16H33ClO2/c1-5-6-7-8-9-10-12-15(13-11-14-17)16(2,18-3)19-4/h15H,5-14H2,1-4H3/t15-/m1/s1. The van der Waals surface area contributed by atoms with Gasteiger partial charge in [-0.25, -0.2) is 0 Å². The molecule has 0 amide bonds. The summed E-state index contributed by atoms with van der Waals surface area (Å²) in [4.78, 5) is 0.